The molecular weight excluding hydrogens is 298 g/mol. The molecule has 1 amide bonds. The zero-order chi connectivity index (χ0) is 12.3. The number of fused-ring (bicyclic) bond motifs is 1. The topological polar surface area (TPSA) is 29.1 Å². The number of halogens is 1. The van der Waals surface area contributed by atoms with Crippen LogP contribution in [-0.2, 0) is 12.8 Å². The molecule has 0 aromatic carbocycles. The molecule has 1 N–H and O–H groups in total. The molecule has 1 aliphatic rings. The van der Waals surface area contributed by atoms with Crippen molar-refractivity contribution in [2.24, 2.45) is 5.92 Å². The summed E-state index contributed by atoms with van der Waals surface area (Å²) < 4.78 is 0. The Kier molecular flexibility index (Phi) is 4.62. The number of amides is 1. The van der Waals surface area contributed by atoms with Gasteiger partial charge in [-0.25, -0.2) is 0 Å². The second-order valence-corrected chi connectivity index (χ2v) is 6.64. The third-order valence-electron chi connectivity index (χ3n) is 3.18. The Morgan fingerprint density at radius 2 is 2.41 bits per heavy atom. The standard InChI is InChI=1S/C13H18BrNOS/c1-9(5-6-14)8-15-13(16)12-7-10-3-2-4-11(10)17-12/h7,9H,2-6,8H2,1H3,(H,15,16). The number of carbonyl (C=O) groups excluding carboxylic acids is 1. The van der Waals surface area contributed by atoms with Gasteiger partial charge in [-0.05, 0) is 43.2 Å². The number of rotatable bonds is 5. The molecule has 1 atom stereocenters. The minimum atomic E-state index is 0.103. The monoisotopic (exact) mass is 315 g/mol. The number of thiophene rings is 1. The van der Waals surface area contributed by atoms with Crippen LogP contribution >= 0.6 is 27.3 Å². The molecule has 1 aromatic rings. The fraction of sp³-hybridized carbons (Fsp3) is 0.615. The first kappa shape index (κ1) is 13.1. The minimum absolute atomic E-state index is 0.103. The smallest absolute Gasteiger partial charge is 0.261 e. The number of hydrogen-bond acceptors (Lipinski definition) is 2. The van der Waals surface area contributed by atoms with Gasteiger partial charge in [-0.15, -0.1) is 11.3 Å². The van der Waals surface area contributed by atoms with E-state index in [-0.39, 0.29) is 5.91 Å². The van der Waals surface area contributed by atoms with E-state index in [1.807, 2.05) is 0 Å². The third-order valence-corrected chi connectivity index (χ3v) is 4.88. The van der Waals surface area contributed by atoms with Crippen molar-refractivity contribution < 1.29 is 4.79 Å². The Labute approximate surface area is 115 Å². The summed E-state index contributed by atoms with van der Waals surface area (Å²) in [6.45, 7) is 2.93. The van der Waals surface area contributed by atoms with E-state index >= 15 is 0 Å². The van der Waals surface area contributed by atoms with Crippen molar-refractivity contribution in [3.05, 3.63) is 21.4 Å². The van der Waals surface area contributed by atoms with Crippen molar-refractivity contribution in [3.63, 3.8) is 0 Å². The average molecular weight is 316 g/mol. The summed E-state index contributed by atoms with van der Waals surface area (Å²) in [5.41, 5.74) is 1.40. The Bertz CT molecular complexity index is 381. The van der Waals surface area contributed by atoms with Crippen LogP contribution in [0.25, 0.3) is 0 Å². The van der Waals surface area contributed by atoms with Crippen molar-refractivity contribution in [2.75, 3.05) is 11.9 Å². The maximum absolute atomic E-state index is 11.9. The largest absolute Gasteiger partial charge is 0.351 e. The highest BCUT2D eigenvalue weighted by atomic mass is 79.9. The van der Waals surface area contributed by atoms with Crippen molar-refractivity contribution in [3.8, 4) is 0 Å². The Balaban J connectivity index is 1.87. The first-order valence-electron chi connectivity index (χ1n) is 6.16. The fourth-order valence-electron chi connectivity index (χ4n) is 2.08. The van der Waals surface area contributed by atoms with Gasteiger partial charge in [0, 0.05) is 16.8 Å². The molecule has 0 saturated heterocycles. The third kappa shape index (κ3) is 3.32. The molecule has 2 rings (SSSR count). The Morgan fingerprint density at radius 3 is 3.12 bits per heavy atom. The molecule has 0 fully saturated rings. The number of aryl methyl sites for hydroxylation is 2. The van der Waals surface area contributed by atoms with Crippen LogP contribution in [0.4, 0.5) is 0 Å². The van der Waals surface area contributed by atoms with Gasteiger partial charge in [0.2, 0.25) is 0 Å². The summed E-state index contributed by atoms with van der Waals surface area (Å²) in [4.78, 5) is 14.3. The van der Waals surface area contributed by atoms with Crippen molar-refractivity contribution in [1.82, 2.24) is 5.32 Å². The average Bonchev–Trinajstić information content (AvgIpc) is 2.86. The van der Waals surface area contributed by atoms with Gasteiger partial charge in [0.05, 0.1) is 4.88 Å². The molecular formula is C13H18BrNOS. The van der Waals surface area contributed by atoms with Crippen LogP contribution < -0.4 is 5.32 Å². The van der Waals surface area contributed by atoms with Crippen molar-refractivity contribution in [2.45, 2.75) is 32.6 Å². The number of nitrogens with one attached hydrogen (secondary N) is 1. The van der Waals surface area contributed by atoms with Gasteiger partial charge in [-0.1, -0.05) is 22.9 Å². The molecule has 0 radical (unpaired) electrons. The van der Waals surface area contributed by atoms with Crippen molar-refractivity contribution >= 4 is 33.2 Å². The predicted molar refractivity (Wildman–Crippen MR) is 76.3 cm³/mol. The molecule has 17 heavy (non-hydrogen) atoms. The molecule has 0 saturated carbocycles. The van der Waals surface area contributed by atoms with E-state index in [2.05, 4.69) is 34.2 Å². The van der Waals surface area contributed by atoms with Crippen LogP contribution in [0.15, 0.2) is 6.07 Å². The molecule has 1 heterocycles. The second-order valence-electron chi connectivity index (χ2n) is 4.71. The van der Waals surface area contributed by atoms with Gasteiger partial charge >= 0.3 is 0 Å². The first-order chi connectivity index (χ1) is 8.20. The minimum Gasteiger partial charge on any atom is -0.351 e. The highest BCUT2D eigenvalue weighted by Gasteiger charge is 2.18. The molecule has 1 aliphatic carbocycles. The molecule has 1 unspecified atom stereocenters. The van der Waals surface area contributed by atoms with Gasteiger partial charge in [0.15, 0.2) is 0 Å². The normalized spacial score (nSPS) is 15.6. The van der Waals surface area contributed by atoms with E-state index in [0.717, 1.165) is 36.0 Å². The highest BCUT2D eigenvalue weighted by molar-refractivity contribution is 9.09. The van der Waals surface area contributed by atoms with Crippen LogP contribution in [-0.4, -0.2) is 17.8 Å². The molecule has 2 nitrogen and oxygen atoms in total. The second kappa shape index (κ2) is 6.01. The molecule has 0 aliphatic heterocycles. The van der Waals surface area contributed by atoms with Gasteiger partial charge in [-0.3, -0.25) is 4.79 Å². The zero-order valence-electron chi connectivity index (χ0n) is 10.1. The van der Waals surface area contributed by atoms with Gasteiger partial charge in [0.1, 0.15) is 0 Å². The van der Waals surface area contributed by atoms with E-state index in [9.17, 15) is 4.79 Å². The predicted octanol–water partition coefficient (Wildman–Crippen LogP) is 3.39. The quantitative estimate of drug-likeness (QED) is 0.829. The first-order valence-corrected chi connectivity index (χ1v) is 8.10. The lowest BCUT2D eigenvalue weighted by Crippen LogP contribution is -2.27. The summed E-state index contributed by atoms with van der Waals surface area (Å²) in [5.74, 6) is 0.635. The lowest BCUT2D eigenvalue weighted by atomic mass is 10.1. The van der Waals surface area contributed by atoms with Crippen molar-refractivity contribution in [1.29, 1.82) is 0 Å². The summed E-state index contributed by atoms with van der Waals surface area (Å²) in [6, 6.07) is 2.08. The van der Waals surface area contributed by atoms with E-state index in [4.69, 9.17) is 0 Å². The maximum atomic E-state index is 11.9. The molecule has 1 aromatic heterocycles. The Hall–Kier alpha value is -0.350. The van der Waals surface area contributed by atoms with Crippen LogP contribution in [0.5, 0.6) is 0 Å². The lowest BCUT2D eigenvalue weighted by Gasteiger charge is -2.10. The van der Waals surface area contributed by atoms with E-state index in [1.54, 1.807) is 11.3 Å². The van der Waals surface area contributed by atoms with Crippen LogP contribution in [0, 0.1) is 5.92 Å². The summed E-state index contributed by atoms with van der Waals surface area (Å²) >= 11 is 5.09. The molecule has 0 spiro atoms. The zero-order valence-corrected chi connectivity index (χ0v) is 12.5. The van der Waals surface area contributed by atoms with Crippen LogP contribution in [0.1, 0.15) is 39.9 Å². The van der Waals surface area contributed by atoms with Gasteiger partial charge in [-0.2, -0.15) is 0 Å². The van der Waals surface area contributed by atoms with Gasteiger partial charge in [0.25, 0.3) is 5.91 Å². The van der Waals surface area contributed by atoms with Gasteiger partial charge < -0.3 is 5.32 Å². The van der Waals surface area contributed by atoms with E-state index in [0.29, 0.717) is 5.92 Å². The van der Waals surface area contributed by atoms with E-state index < -0.39 is 0 Å². The fourth-order valence-corrected chi connectivity index (χ4v) is 4.03. The molecule has 0 bridgehead atoms. The highest BCUT2D eigenvalue weighted by Crippen LogP contribution is 2.30. The lowest BCUT2D eigenvalue weighted by molar-refractivity contribution is 0.0952. The van der Waals surface area contributed by atoms with Crippen LogP contribution in [0.3, 0.4) is 0 Å². The molecule has 4 heteroatoms. The summed E-state index contributed by atoms with van der Waals surface area (Å²) in [7, 11) is 0. The number of carbonyl (C=O) groups is 1. The Morgan fingerprint density at radius 1 is 1.59 bits per heavy atom. The number of alkyl halides is 1. The molecule has 94 valence electrons. The summed E-state index contributed by atoms with van der Waals surface area (Å²) in [5, 5.41) is 4.02. The van der Waals surface area contributed by atoms with E-state index in [1.165, 1.54) is 16.9 Å². The maximum Gasteiger partial charge on any atom is 0.261 e. The summed E-state index contributed by atoms with van der Waals surface area (Å²) in [6.07, 6.45) is 4.67. The number of hydrogen-bond donors (Lipinski definition) is 1. The van der Waals surface area contributed by atoms with Crippen LogP contribution in [0.2, 0.25) is 0 Å². The SMILES string of the molecule is CC(CCBr)CNC(=O)c1cc2c(s1)CCC2.